The van der Waals surface area contributed by atoms with E-state index in [1.807, 2.05) is 18.3 Å². The van der Waals surface area contributed by atoms with E-state index in [0.29, 0.717) is 18.0 Å². The van der Waals surface area contributed by atoms with Gasteiger partial charge in [0.05, 0.1) is 24.7 Å². The maximum Gasteiger partial charge on any atom is 0.187 e. The van der Waals surface area contributed by atoms with Crippen LogP contribution in [0.2, 0.25) is 0 Å². The van der Waals surface area contributed by atoms with Crippen LogP contribution in [-0.2, 0) is 6.54 Å². The molecular weight excluding hydrogens is 348 g/mol. The van der Waals surface area contributed by atoms with Crippen molar-refractivity contribution in [2.45, 2.75) is 6.54 Å². The number of benzene rings is 1. The number of rotatable bonds is 3. The van der Waals surface area contributed by atoms with Crippen molar-refractivity contribution in [3.8, 4) is 5.75 Å². The van der Waals surface area contributed by atoms with Gasteiger partial charge in [0.25, 0.3) is 0 Å². The third-order valence-electron chi connectivity index (χ3n) is 3.51. The molecule has 0 spiro atoms. The van der Waals surface area contributed by atoms with Gasteiger partial charge in [0.2, 0.25) is 0 Å². The highest BCUT2D eigenvalue weighted by Gasteiger charge is 2.16. The Morgan fingerprint density at radius 1 is 1.32 bits per heavy atom. The molecule has 3 aromatic rings. The smallest absolute Gasteiger partial charge is 0.187 e. The zero-order chi connectivity index (χ0) is 15.1. The van der Waals surface area contributed by atoms with Crippen LogP contribution in [0.4, 0.5) is 11.5 Å². The molecule has 3 heterocycles. The molecule has 0 aliphatic carbocycles. The second kappa shape index (κ2) is 5.06. The molecule has 2 aromatic heterocycles. The minimum absolute atomic E-state index is 0.589. The van der Waals surface area contributed by atoms with Crippen LogP contribution in [0.25, 0.3) is 11.0 Å². The van der Waals surface area contributed by atoms with Gasteiger partial charge in [-0.15, -0.1) is 0 Å². The molecule has 0 saturated heterocycles. The maximum atomic E-state index is 5.47. The first-order valence-electron chi connectivity index (χ1n) is 6.58. The van der Waals surface area contributed by atoms with Crippen molar-refractivity contribution in [3.05, 3.63) is 34.2 Å². The molecule has 0 bridgehead atoms. The summed E-state index contributed by atoms with van der Waals surface area (Å²) in [6.45, 7) is 0.691. The van der Waals surface area contributed by atoms with Gasteiger partial charge in [-0.2, -0.15) is 5.10 Å². The number of aromatic amines is 1. The highest BCUT2D eigenvalue weighted by Crippen LogP contribution is 2.34. The Labute approximate surface area is 134 Å². The lowest BCUT2D eigenvalue weighted by atomic mass is 10.1. The summed E-state index contributed by atoms with van der Waals surface area (Å²) in [6.07, 6.45) is 3.34. The molecule has 2 N–H and O–H groups in total. The lowest BCUT2D eigenvalue weighted by Gasteiger charge is -2.13. The molecule has 1 aliphatic heterocycles. The Balaban J connectivity index is 1.82. The topological polar surface area (TPSA) is 88.1 Å². The van der Waals surface area contributed by atoms with E-state index in [9.17, 15) is 0 Å². The average Bonchev–Trinajstić information content (AvgIpc) is 3.13. The molecular formula is C14H11BrN6O. The summed E-state index contributed by atoms with van der Waals surface area (Å²) in [5.41, 5.74) is 3.65. The van der Waals surface area contributed by atoms with Crippen molar-refractivity contribution in [2.24, 2.45) is 4.99 Å². The number of methoxy groups -OCH3 is 1. The minimum atomic E-state index is 0.589. The van der Waals surface area contributed by atoms with Crippen LogP contribution >= 0.6 is 15.9 Å². The molecule has 0 unspecified atom stereocenters. The maximum absolute atomic E-state index is 5.47. The normalized spacial score (nSPS) is 12.6. The minimum Gasteiger partial charge on any atom is -0.495 e. The third kappa shape index (κ3) is 2.03. The van der Waals surface area contributed by atoms with E-state index in [0.717, 1.165) is 32.6 Å². The first-order valence-corrected chi connectivity index (χ1v) is 7.38. The molecule has 8 heteroatoms. The van der Waals surface area contributed by atoms with Crippen LogP contribution in [-0.4, -0.2) is 33.5 Å². The third-order valence-corrected chi connectivity index (χ3v) is 4.09. The number of aliphatic imine (C=N–C) groups is 1. The van der Waals surface area contributed by atoms with Crippen LogP contribution in [0.3, 0.4) is 0 Å². The molecule has 1 aromatic carbocycles. The number of fused-ring (bicyclic) bond motifs is 2. The first kappa shape index (κ1) is 13.2. The number of halogens is 1. The van der Waals surface area contributed by atoms with Gasteiger partial charge in [-0.3, -0.25) is 10.1 Å². The van der Waals surface area contributed by atoms with Gasteiger partial charge in [0.15, 0.2) is 5.65 Å². The van der Waals surface area contributed by atoms with E-state index in [-0.39, 0.29) is 0 Å². The summed E-state index contributed by atoms with van der Waals surface area (Å²) >= 11 is 3.43. The van der Waals surface area contributed by atoms with Crippen LogP contribution in [0, 0.1) is 0 Å². The number of hydrogen-bond donors (Lipinski definition) is 2. The number of aromatic nitrogens is 4. The largest absolute Gasteiger partial charge is 0.495 e. The van der Waals surface area contributed by atoms with Crippen molar-refractivity contribution in [2.75, 3.05) is 12.4 Å². The molecule has 1 aliphatic rings. The zero-order valence-electron chi connectivity index (χ0n) is 11.6. The fraction of sp³-hybridized carbons (Fsp3) is 0.143. The predicted octanol–water partition coefficient (Wildman–Crippen LogP) is 2.80. The molecule has 110 valence electrons. The van der Waals surface area contributed by atoms with Gasteiger partial charge in [-0.1, -0.05) is 0 Å². The lowest BCUT2D eigenvalue weighted by Crippen LogP contribution is -2.00. The average molecular weight is 359 g/mol. The van der Waals surface area contributed by atoms with Crippen LogP contribution in [0.5, 0.6) is 5.75 Å². The molecule has 0 atom stereocenters. The summed E-state index contributed by atoms with van der Waals surface area (Å²) < 4.78 is 6.20. The van der Waals surface area contributed by atoms with E-state index in [2.05, 4.69) is 46.4 Å². The van der Waals surface area contributed by atoms with Gasteiger partial charge in [-0.25, -0.2) is 9.97 Å². The van der Waals surface area contributed by atoms with Crippen molar-refractivity contribution >= 4 is 44.7 Å². The molecule has 0 amide bonds. The molecule has 0 radical (unpaired) electrons. The van der Waals surface area contributed by atoms with Crippen LogP contribution in [0.15, 0.2) is 28.1 Å². The SMILES string of the molecule is COc1cc2c(cc1Nc1ncnc3n[nH]c(Br)c13)C=NC2. The van der Waals surface area contributed by atoms with E-state index in [1.165, 1.54) is 6.33 Å². The van der Waals surface area contributed by atoms with Crippen LogP contribution < -0.4 is 10.1 Å². The number of ether oxygens (including phenoxy) is 1. The van der Waals surface area contributed by atoms with Gasteiger partial charge in [0.1, 0.15) is 22.5 Å². The van der Waals surface area contributed by atoms with E-state index >= 15 is 0 Å². The van der Waals surface area contributed by atoms with Gasteiger partial charge in [0, 0.05) is 6.21 Å². The fourth-order valence-corrected chi connectivity index (χ4v) is 2.90. The first-order chi connectivity index (χ1) is 10.8. The standard InChI is InChI=1S/C14H11BrN6O/c1-22-10-3-8-5-16-4-7(8)2-9(10)19-13-11-12(15)20-21-14(11)18-6-17-13/h2-4,6H,5H2,1H3,(H2,17,18,19,20,21). The number of nitrogens with zero attached hydrogens (tertiary/aromatic N) is 4. The Morgan fingerprint density at radius 3 is 3.09 bits per heavy atom. The van der Waals surface area contributed by atoms with E-state index in [1.54, 1.807) is 7.11 Å². The number of anilines is 2. The monoisotopic (exact) mass is 358 g/mol. The molecule has 7 nitrogen and oxygen atoms in total. The Kier molecular flexibility index (Phi) is 3.04. The number of nitrogens with one attached hydrogen (secondary N) is 2. The summed E-state index contributed by atoms with van der Waals surface area (Å²) in [6, 6.07) is 4.00. The Morgan fingerprint density at radius 2 is 2.23 bits per heavy atom. The van der Waals surface area contributed by atoms with Gasteiger partial charge >= 0.3 is 0 Å². The van der Waals surface area contributed by atoms with Gasteiger partial charge in [-0.05, 0) is 39.2 Å². The Hall–Kier alpha value is -2.48. The van der Waals surface area contributed by atoms with E-state index in [4.69, 9.17) is 4.74 Å². The summed E-state index contributed by atoms with van der Waals surface area (Å²) in [4.78, 5) is 12.7. The second-order valence-corrected chi connectivity index (χ2v) is 5.60. The zero-order valence-corrected chi connectivity index (χ0v) is 13.2. The second-order valence-electron chi connectivity index (χ2n) is 4.80. The predicted molar refractivity (Wildman–Crippen MR) is 87.0 cm³/mol. The highest BCUT2D eigenvalue weighted by molar-refractivity contribution is 9.10. The molecule has 0 saturated carbocycles. The molecule has 22 heavy (non-hydrogen) atoms. The summed E-state index contributed by atoms with van der Waals surface area (Å²) in [5, 5.41) is 11.0. The number of hydrogen-bond acceptors (Lipinski definition) is 6. The Bertz CT molecular complexity index is 904. The van der Waals surface area contributed by atoms with E-state index < -0.39 is 0 Å². The van der Waals surface area contributed by atoms with Gasteiger partial charge < -0.3 is 10.1 Å². The van der Waals surface area contributed by atoms with Crippen molar-refractivity contribution in [1.82, 2.24) is 20.2 Å². The molecule has 0 fully saturated rings. The highest BCUT2D eigenvalue weighted by atomic mass is 79.9. The van der Waals surface area contributed by atoms with Crippen molar-refractivity contribution in [1.29, 1.82) is 0 Å². The van der Waals surface area contributed by atoms with Crippen molar-refractivity contribution in [3.63, 3.8) is 0 Å². The van der Waals surface area contributed by atoms with Crippen LogP contribution in [0.1, 0.15) is 11.1 Å². The summed E-state index contributed by atoms with van der Waals surface area (Å²) in [7, 11) is 1.64. The number of H-pyrrole nitrogens is 1. The van der Waals surface area contributed by atoms with Crippen molar-refractivity contribution < 1.29 is 4.74 Å². The quantitative estimate of drug-likeness (QED) is 0.751. The fourth-order valence-electron chi connectivity index (χ4n) is 2.45. The summed E-state index contributed by atoms with van der Waals surface area (Å²) in [5.74, 6) is 1.40. The molecule has 4 rings (SSSR count). The lowest BCUT2D eigenvalue weighted by molar-refractivity contribution is 0.416.